The Hall–Kier alpha value is -1.42. The molecule has 0 aliphatic carbocycles. The lowest BCUT2D eigenvalue weighted by Gasteiger charge is -2.04. The van der Waals surface area contributed by atoms with Gasteiger partial charge in [0, 0.05) is 13.0 Å². The van der Waals surface area contributed by atoms with Gasteiger partial charge in [0.1, 0.15) is 5.82 Å². The van der Waals surface area contributed by atoms with Crippen molar-refractivity contribution in [1.82, 2.24) is 5.32 Å². The molecular weight excluding hydrogens is 233 g/mol. The minimum Gasteiger partial charge on any atom is -0.345 e. The Kier molecular flexibility index (Phi) is 4.43. The van der Waals surface area contributed by atoms with Crippen molar-refractivity contribution in [3.8, 4) is 0 Å². The van der Waals surface area contributed by atoms with Crippen LogP contribution in [-0.4, -0.2) is 11.7 Å². The third kappa shape index (κ3) is 3.31. The van der Waals surface area contributed by atoms with E-state index in [0.29, 0.717) is 5.56 Å². The molecule has 0 heterocycles. The van der Waals surface area contributed by atoms with Crippen LogP contribution in [0.1, 0.15) is 18.9 Å². The van der Waals surface area contributed by atoms with E-state index in [2.05, 4.69) is 5.32 Å². The van der Waals surface area contributed by atoms with Crippen molar-refractivity contribution in [3.63, 3.8) is 0 Å². The van der Waals surface area contributed by atoms with E-state index < -0.39 is 17.5 Å². The fourth-order valence-electron chi connectivity index (χ4n) is 1.09. The van der Waals surface area contributed by atoms with Crippen LogP contribution < -0.4 is 5.32 Å². The number of carbonyl (C=O) groups is 2. The molecular formula is C11H11ClFNO2. The molecule has 0 aliphatic rings. The minimum atomic E-state index is -0.655. The second kappa shape index (κ2) is 5.61. The normalized spacial score (nSPS) is 9.94. The molecule has 0 bridgehead atoms. The van der Waals surface area contributed by atoms with Crippen molar-refractivity contribution in [3.05, 3.63) is 34.6 Å². The summed E-state index contributed by atoms with van der Waals surface area (Å²) in [4.78, 5) is 22.1. The predicted molar refractivity (Wildman–Crippen MR) is 58.6 cm³/mol. The Labute approximate surface area is 97.6 Å². The van der Waals surface area contributed by atoms with Gasteiger partial charge >= 0.3 is 0 Å². The number of hydrogen-bond acceptors (Lipinski definition) is 2. The summed E-state index contributed by atoms with van der Waals surface area (Å²) in [5, 5.41) is 2.43. The molecule has 1 aromatic carbocycles. The maximum absolute atomic E-state index is 13.0. The molecule has 0 radical (unpaired) electrons. The van der Waals surface area contributed by atoms with Crippen molar-refractivity contribution in [1.29, 1.82) is 0 Å². The van der Waals surface area contributed by atoms with Gasteiger partial charge in [-0.2, -0.15) is 0 Å². The van der Waals surface area contributed by atoms with Gasteiger partial charge in [0.2, 0.25) is 5.78 Å². The van der Waals surface area contributed by atoms with E-state index in [1.807, 2.05) is 0 Å². The molecule has 1 aromatic rings. The summed E-state index contributed by atoms with van der Waals surface area (Å²) in [5.74, 6) is -1.69. The standard InChI is InChI=1S/C11H11ClFNO2/c1-2-10(15)11(16)14-6-7-3-4-8(12)9(13)5-7/h3-5H,2,6H2,1H3,(H,14,16). The molecule has 0 atom stereocenters. The Morgan fingerprint density at radius 1 is 1.44 bits per heavy atom. The van der Waals surface area contributed by atoms with E-state index in [1.165, 1.54) is 12.1 Å². The van der Waals surface area contributed by atoms with Crippen LogP contribution in [0.2, 0.25) is 5.02 Å². The third-order valence-corrected chi connectivity index (χ3v) is 2.32. The third-order valence-electron chi connectivity index (χ3n) is 2.01. The summed E-state index contributed by atoms with van der Waals surface area (Å²) in [7, 11) is 0. The number of ketones is 1. The second-order valence-electron chi connectivity index (χ2n) is 3.21. The Bertz CT molecular complexity index is 420. The van der Waals surface area contributed by atoms with Crippen molar-refractivity contribution in [2.45, 2.75) is 19.9 Å². The number of rotatable bonds is 4. The summed E-state index contributed by atoms with van der Waals surface area (Å²) in [6.45, 7) is 1.71. The molecule has 3 nitrogen and oxygen atoms in total. The number of Topliss-reactive ketones (excluding diaryl/α,β-unsaturated/α-hetero) is 1. The maximum Gasteiger partial charge on any atom is 0.287 e. The maximum atomic E-state index is 13.0. The van der Waals surface area contributed by atoms with Crippen LogP contribution in [0.5, 0.6) is 0 Å². The summed E-state index contributed by atoms with van der Waals surface area (Å²) >= 11 is 5.50. The fourth-order valence-corrected chi connectivity index (χ4v) is 1.21. The first kappa shape index (κ1) is 12.6. The van der Waals surface area contributed by atoms with E-state index in [0.717, 1.165) is 0 Å². The lowest BCUT2D eigenvalue weighted by atomic mass is 10.2. The largest absolute Gasteiger partial charge is 0.345 e. The highest BCUT2D eigenvalue weighted by Gasteiger charge is 2.10. The van der Waals surface area contributed by atoms with Crippen molar-refractivity contribution >= 4 is 23.3 Å². The highest BCUT2D eigenvalue weighted by atomic mass is 35.5. The monoisotopic (exact) mass is 243 g/mol. The Balaban J connectivity index is 2.58. The van der Waals surface area contributed by atoms with Crippen LogP contribution in [0.4, 0.5) is 4.39 Å². The number of nitrogens with one attached hydrogen (secondary N) is 1. The molecule has 16 heavy (non-hydrogen) atoms. The predicted octanol–water partition coefficient (Wildman–Crippen LogP) is 2.07. The Morgan fingerprint density at radius 2 is 2.12 bits per heavy atom. The number of amides is 1. The summed E-state index contributed by atoms with van der Waals surface area (Å²) in [6, 6.07) is 4.21. The van der Waals surface area contributed by atoms with Crippen molar-refractivity contribution in [2.24, 2.45) is 0 Å². The summed E-state index contributed by atoms with van der Waals surface area (Å²) < 4.78 is 13.0. The highest BCUT2D eigenvalue weighted by molar-refractivity contribution is 6.36. The number of halogens is 2. The van der Waals surface area contributed by atoms with Gasteiger partial charge in [0.15, 0.2) is 0 Å². The summed E-state index contributed by atoms with van der Waals surface area (Å²) in [5.41, 5.74) is 0.555. The SMILES string of the molecule is CCC(=O)C(=O)NCc1ccc(Cl)c(F)c1. The second-order valence-corrected chi connectivity index (χ2v) is 3.62. The molecule has 0 aliphatic heterocycles. The average Bonchev–Trinajstić information content (AvgIpc) is 2.29. The van der Waals surface area contributed by atoms with Gasteiger partial charge in [-0.15, -0.1) is 0 Å². The number of carbonyl (C=O) groups excluding carboxylic acids is 2. The topological polar surface area (TPSA) is 46.2 Å². The van der Waals surface area contributed by atoms with Crippen LogP contribution in [0, 0.1) is 5.82 Å². The first-order chi connectivity index (χ1) is 7.54. The van der Waals surface area contributed by atoms with E-state index in [1.54, 1.807) is 13.0 Å². The van der Waals surface area contributed by atoms with Gasteiger partial charge in [-0.25, -0.2) is 4.39 Å². The number of hydrogen-bond donors (Lipinski definition) is 1. The molecule has 0 fully saturated rings. The molecule has 1 rings (SSSR count). The Morgan fingerprint density at radius 3 is 2.69 bits per heavy atom. The smallest absolute Gasteiger partial charge is 0.287 e. The molecule has 0 unspecified atom stereocenters. The van der Waals surface area contributed by atoms with E-state index >= 15 is 0 Å². The van der Waals surface area contributed by atoms with Gasteiger partial charge in [-0.1, -0.05) is 24.6 Å². The van der Waals surface area contributed by atoms with Crippen LogP contribution in [0.25, 0.3) is 0 Å². The van der Waals surface area contributed by atoms with E-state index in [9.17, 15) is 14.0 Å². The van der Waals surface area contributed by atoms with Gasteiger partial charge in [-0.3, -0.25) is 9.59 Å². The van der Waals surface area contributed by atoms with Crippen LogP contribution in [0.15, 0.2) is 18.2 Å². The summed E-state index contributed by atoms with van der Waals surface area (Å²) in [6.07, 6.45) is 0.154. The van der Waals surface area contributed by atoms with Crippen LogP contribution >= 0.6 is 11.6 Å². The zero-order valence-corrected chi connectivity index (χ0v) is 9.47. The van der Waals surface area contributed by atoms with Gasteiger partial charge < -0.3 is 5.32 Å². The van der Waals surface area contributed by atoms with Crippen LogP contribution in [0.3, 0.4) is 0 Å². The molecule has 86 valence electrons. The van der Waals surface area contributed by atoms with Crippen LogP contribution in [-0.2, 0) is 16.1 Å². The van der Waals surface area contributed by atoms with E-state index in [-0.39, 0.29) is 18.0 Å². The molecule has 0 saturated carbocycles. The quantitative estimate of drug-likeness (QED) is 0.823. The lowest BCUT2D eigenvalue weighted by molar-refractivity contribution is -0.137. The van der Waals surface area contributed by atoms with Gasteiger partial charge in [0.05, 0.1) is 5.02 Å². The minimum absolute atomic E-state index is 0.0275. The zero-order valence-electron chi connectivity index (χ0n) is 8.72. The lowest BCUT2D eigenvalue weighted by Crippen LogP contribution is -2.29. The fraction of sp³-hybridized carbons (Fsp3) is 0.273. The average molecular weight is 244 g/mol. The molecule has 0 aromatic heterocycles. The van der Waals surface area contributed by atoms with Gasteiger partial charge in [0.25, 0.3) is 5.91 Å². The highest BCUT2D eigenvalue weighted by Crippen LogP contribution is 2.15. The molecule has 0 spiro atoms. The molecule has 0 saturated heterocycles. The molecule has 1 amide bonds. The van der Waals surface area contributed by atoms with Gasteiger partial charge in [-0.05, 0) is 17.7 Å². The first-order valence-electron chi connectivity index (χ1n) is 4.79. The van der Waals surface area contributed by atoms with Crippen molar-refractivity contribution < 1.29 is 14.0 Å². The zero-order chi connectivity index (χ0) is 12.1. The van der Waals surface area contributed by atoms with E-state index in [4.69, 9.17) is 11.6 Å². The first-order valence-corrected chi connectivity index (χ1v) is 5.17. The molecule has 5 heteroatoms. The molecule has 1 N–H and O–H groups in total. The number of benzene rings is 1. The van der Waals surface area contributed by atoms with Crippen molar-refractivity contribution in [2.75, 3.05) is 0 Å².